The molecule has 1 aliphatic heterocycles. The zero-order chi connectivity index (χ0) is 14.5. The Morgan fingerprint density at radius 3 is 2.85 bits per heavy atom. The van der Waals surface area contributed by atoms with E-state index in [0.717, 1.165) is 38.0 Å². The molecular weight excluding hydrogens is 272 g/mol. The number of aromatic nitrogens is 1. The Morgan fingerprint density at radius 1 is 1.55 bits per heavy atom. The van der Waals surface area contributed by atoms with Crippen LogP contribution in [0.25, 0.3) is 0 Å². The first-order valence-electron chi connectivity index (χ1n) is 6.79. The molecular formula is C14H20N4OS. The molecule has 0 aromatic carbocycles. The first kappa shape index (κ1) is 14.9. The summed E-state index contributed by atoms with van der Waals surface area (Å²) in [7, 11) is 1.69. The SMILES string of the molecule is CNC(=O)C1CCN(Cc2cccnc2C(N)=S)CC1. The van der Waals surface area contributed by atoms with E-state index in [-0.39, 0.29) is 11.8 Å². The summed E-state index contributed by atoms with van der Waals surface area (Å²) in [6, 6.07) is 3.90. The maximum atomic E-state index is 11.6. The van der Waals surface area contributed by atoms with Crippen LogP contribution in [0.1, 0.15) is 24.1 Å². The molecule has 0 spiro atoms. The minimum Gasteiger partial charge on any atom is -0.388 e. The van der Waals surface area contributed by atoms with Crippen LogP contribution in [0.2, 0.25) is 0 Å². The Balaban J connectivity index is 1.96. The molecule has 1 saturated heterocycles. The Labute approximate surface area is 124 Å². The van der Waals surface area contributed by atoms with Gasteiger partial charge in [0.1, 0.15) is 10.7 Å². The third kappa shape index (κ3) is 3.52. The van der Waals surface area contributed by atoms with E-state index < -0.39 is 0 Å². The summed E-state index contributed by atoms with van der Waals surface area (Å²) in [6.45, 7) is 2.59. The van der Waals surface area contributed by atoms with E-state index in [0.29, 0.717) is 10.7 Å². The molecule has 0 saturated carbocycles. The molecule has 0 atom stereocenters. The van der Waals surface area contributed by atoms with Crippen molar-refractivity contribution in [1.82, 2.24) is 15.2 Å². The first-order valence-corrected chi connectivity index (χ1v) is 7.20. The number of carbonyl (C=O) groups excluding carboxylic acids is 1. The molecule has 2 heterocycles. The van der Waals surface area contributed by atoms with Crippen molar-refractivity contribution in [3.05, 3.63) is 29.6 Å². The van der Waals surface area contributed by atoms with Crippen molar-refractivity contribution in [2.45, 2.75) is 19.4 Å². The molecule has 20 heavy (non-hydrogen) atoms. The highest BCUT2D eigenvalue weighted by Crippen LogP contribution is 2.19. The maximum Gasteiger partial charge on any atom is 0.222 e. The summed E-state index contributed by atoms with van der Waals surface area (Å²) in [5, 5.41) is 2.72. The number of likely N-dealkylation sites (tertiary alicyclic amines) is 1. The minimum atomic E-state index is 0.139. The maximum absolute atomic E-state index is 11.6. The lowest BCUT2D eigenvalue weighted by Crippen LogP contribution is -2.39. The molecule has 5 nitrogen and oxygen atoms in total. The summed E-state index contributed by atoms with van der Waals surface area (Å²) in [4.78, 5) is 18.5. The Kier molecular flexibility index (Phi) is 5.03. The number of thiocarbonyl (C=S) groups is 1. The third-order valence-electron chi connectivity index (χ3n) is 3.72. The molecule has 108 valence electrons. The molecule has 2 rings (SSSR count). The summed E-state index contributed by atoms with van der Waals surface area (Å²) < 4.78 is 0. The second-order valence-electron chi connectivity index (χ2n) is 5.04. The zero-order valence-corrected chi connectivity index (χ0v) is 12.4. The van der Waals surface area contributed by atoms with Crippen LogP contribution in [0.15, 0.2) is 18.3 Å². The van der Waals surface area contributed by atoms with Crippen LogP contribution in [0.4, 0.5) is 0 Å². The van der Waals surface area contributed by atoms with Gasteiger partial charge in [0.15, 0.2) is 0 Å². The third-order valence-corrected chi connectivity index (χ3v) is 3.92. The number of amides is 1. The van der Waals surface area contributed by atoms with Crippen molar-refractivity contribution in [3.8, 4) is 0 Å². The molecule has 1 aromatic heterocycles. The molecule has 0 radical (unpaired) electrons. The van der Waals surface area contributed by atoms with Crippen LogP contribution in [-0.4, -0.2) is 40.9 Å². The van der Waals surface area contributed by atoms with Gasteiger partial charge in [-0.05, 0) is 37.6 Å². The second kappa shape index (κ2) is 6.76. The fourth-order valence-electron chi connectivity index (χ4n) is 2.59. The number of rotatable bonds is 4. The normalized spacial score (nSPS) is 16.9. The Bertz CT molecular complexity index is 498. The number of nitrogens with zero attached hydrogens (tertiary/aromatic N) is 2. The lowest BCUT2D eigenvalue weighted by molar-refractivity contribution is -0.125. The van der Waals surface area contributed by atoms with Crippen molar-refractivity contribution >= 4 is 23.1 Å². The topological polar surface area (TPSA) is 71.2 Å². The van der Waals surface area contributed by atoms with Gasteiger partial charge in [-0.3, -0.25) is 14.7 Å². The fraction of sp³-hybridized carbons (Fsp3) is 0.500. The van der Waals surface area contributed by atoms with Gasteiger partial charge in [0.25, 0.3) is 0 Å². The van der Waals surface area contributed by atoms with E-state index in [9.17, 15) is 4.79 Å². The average Bonchev–Trinajstić information content (AvgIpc) is 2.47. The molecule has 6 heteroatoms. The Hall–Kier alpha value is -1.53. The fourth-order valence-corrected chi connectivity index (χ4v) is 2.77. The molecule has 1 amide bonds. The van der Waals surface area contributed by atoms with Crippen molar-refractivity contribution in [1.29, 1.82) is 0 Å². The highest BCUT2D eigenvalue weighted by atomic mass is 32.1. The molecule has 0 unspecified atom stereocenters. The van der Waals surface area contributed by atoms with Gasteiger partial charge in [-0.15, -0.1) is 0 Å². The molecule has 1 aromatic rings. The Morgan fingerprint density at radius 2 is 2.25 bits per heavy atom. The van der Waals surface area contributed by atoms with E-state index >= 15 is 0 Å². The van der Waals surface area contributed by atoms with Gasteiger partial charge in [0.2, 0.25) is 5.91 Å². The van der Waals surface area contributed by atoms with Crippen LogP contribution in [-0.2, 0) is 11.3 Å². The van der Waals surface area contributed by atoms with E-state index in [2.05, 4.69) is 15.2 Å². The molecule has 3 N–H and O–H groups in total. The number of hydrogen-bond donors (Lipinski definition) is 2. The predicted molar refractivity (Wildman–Crippen MR) is 82.2 cm³/mol. The highest BCUT2D eigenvalue weighted by Gasteiger charge is 2.24. The van der Waals surface area contributed by atoms with Crippen molar-refractivity contribution in [3.63, 3.8) is 0 Å². The number of nitrogens with one attached hydrogen (secondary N) is 1. The van der Waals surface area contributed by atoms with Gasteiger partial charge in [-0.25, -0.2) is 0 Å². The highest BCUT2D eigenvalue weighted by molar-refractivity contribution is 7.80. The van der Waals surface area contributed by atoms with Gasteiger partial charge >= 0.3 is 0 Å². The molecule has 0 aliphatic carbocycles. The lowest BCUT2D eigenvalue weighted by Gasteiger charge is -2.31. The summed E-state index contributed by atoms with van der Waals surface area (Å²) >= 11 is 5.03. The number of carbonyl (C=O) groups is 1. The molecule has 0 bridgehead atoms. The number of pyridine rings is 1. The molecule has 1 fully saturated rings. The monoisotopic (exact) mass is 292 g/mol. The van der Waals surface area contributed by atoms with E-state index in [1.54, 1.807) is 13.2 Å². The van der Waals surface area contributed by atoms with Crippen molar-refractivity contribution < 1.29 is 4.79 Å². The van der Waals surface area contributed by atoms with Gasteiger partial charge in [-0.2, -0.15) is 0 Å². The van der Waals surface area contributed by atoms with E-state index in [4.69, 9.17) is 18.0 Å². The van der Waals surface area contributed by atoms with Crippen molar-refractivity contribution in [2.24, 2.45) is 11.7 Å². The number of piperidine rings is 1. The minimum absolute atomic E-state index is 0.139. The summed E-state index contributed by atoms with van der Waals surface area (Å²) in [6.07, 6.45) is 3.49. The van der Waals surface area contributed by atoms with Crippen LogP contribution >= 0.6 is 12.2 Å². The van der Waals surface area contributed by atoms with Gasteiger partial charge in [-0.1, -0.05) is 18.3 Å². The van der Waals surface area contributed by atoms with Gasteiger partial charge < -0.3 is 11.1 Å². The van der Waals surface area contributed by atoms with Gasteiger partial charge in [0.05, 0.1) is 0 Å². The number of nitrogens with two attached hydrogens (primary N) is 1. The van der Waals surface area contributed by atoms with Crippen LogP contribution in [0.3, 0.4) is 0 Å². The standard InChI is InChI=1S/C14H20N4OS/c1-16-14(19)10-4-7-18(8-5-10)9-11-3-2-6-17-12(11)13(15)20/h2-3,6,10H,4-5,7-9H2,1H3,(H2,15,20)(H,16,19). The smallest absolute Gasteiger partial charge is 0.222 e. The van der Waals surface area contributed by atoms with Crippen LogP contribution in [0, 0.1) is 5.92 Å². The lowest BCUT2D eigenvalue weighted by atomic mass is 9.95. The predicted octanol–water partition coefficient (Wildman–Crippen LogP) is 0.674. The van der Waals surface area contributed by atoms with Gasteiger partial charge in [0, 0.05) is 25.7 Å². The quantitative estimate of drug-likeness (QED) is 0.798. The first-order chi connectivity index (χ1) is 9.61. The number of hydrogen-bond acceptors (Lipinski definition) is 4. The van der Waals surface area contributed by atoms with Crippen LogP contribution in [0.5, 0.6) is 0 Å². The second-order valence-corrected chi connectivity index (χ2v) is 5.48. The van der Waals surface area contributed by atoms with E-state index in [1.807, 2.05) is 12.1 Å². The average molecular weight is 292 g/mol. The molecule has 1 aliphatic rings. The van der Waals surface area contributed by atoms with Crippen LogP contribution < -0.4 is 11.1 Å². The summed E-state index contributed by atoms with van der Waals surface area (Å²) in [5.74, 6) is 0.287. The summed E-state index contributed by atoms with van der Waals surface area (Å²) in [5.41, 5.74) is 7.46. The van der Waals surface area contributed by atoms with Crippen molar-refractivity contribution in [2.75, 3.05) is 20.1 Å². The zero-order valence-electron chi connectivity index (χ0n) is 11.6. The largest absolute Gasteiger partial charge is 0.388 e. The van der Waals surface area contributed by atoms with E-state index in [1.165, 1.54) is 0 Å².